The van der Waals surface area contributed by atoms with Crippen LogP contribution in [0, 0.1) is 46.3 Å². The number of nitrogens with zero attached hydrogens (tertiary/aromatic N) is 1. The van der Waals surface area contributed by atoms with Crippen LogP contribution in [0.4, 0.5) is 0 Å². The van der Waals surface area contributed by atoms with Crippen LogP contribution >= 0.6 is 0 Å². The molecule has 40 heavy (non-hydrogen) atoms. The maximum atomic E-state index is 6.57. The summed E-state index contributed by atoms with van der Waals surface area (Å²) in [7, 11) is 0. The van der Waals surface area contributed by atoms with Crippen molar-refractivity contribution in [1.82, 2.24) is 0 Å². The molecule has 0 saturated heterocycles. The number of unbranched alkanes of at least 4 members (excludes halogenated alkanes) is 1. The average molecular weight is 557 g/mol. The van der Waals surface area contributed by atoms with Gasteiger partial charge in [0.25, 0.3) is 0 Å². The van der Waals surface area contributed by atoms with Gasteiger partial charge >= 0.3 is 0 Å². The smallest absolute Gasteiger partial charge is 0.186 e. The fourth-order valence-corrected chi connectivity index (χ4v) is 10.2. The summed E-state index contributed by atoms with van der Waals surface area (Å²) in [5.41, 5.74) is 19.8. The number of rotatable bonds is 13. The van der Waals surface area contributed by atoms with Gasteiger partial charge in [0, 0.05) is 0 Å². The van der Waals surface area contributed by atoms with Crippen LogP contribution in [0.15, 0.2) is 16.6 Å². The van der Waals surface area contributed by atoms with Gasteiger partial charge in [0.2, 0.25) is 0 Å². The molecule has 0 radical (unpaired) electrons. The molecule has 0 spiro atoms. The molecular formula is C35H64N4O. The Morgan fingerprint density at radius 2 is 1.77 bits per heavy atom. The summed E-state index contributed by atoms with van der Waals surface area (Å²) >= 11 is 0. The Morgan fingerprint density at radius 1 is 0.975 bits per heavy atom. The lowest BCUT2D eigenvalue weighted by Crippen LogP contribution is -2.49. The largest absolute Gasteiger partial charge is 0.376 e. The Kier molecular flexibility index (Phi) is 11.1. The molecule has 4 rings (SSSR count). The molecule has 230 valence electrons. The van der Waals surface area contributed by atoms with Gasteiger partial charge < -0.3 is 21.9 Å². The van der Waals surface area contributed by atoms with Gasteiger partial charge in [-0.1, -0.05) is 65.5 Å². The summed E-state index contributed by atoms with van der Waals surface area (Å²) < 4.78 is 6.57. The van der Waals surface area contributed by atoms with Crippen molar-refractivity contribution in [3.05, 3.63) is 11.6 Å². The molecule has 0 aromatic carbocycles. The van der Waals surface area contributed by atoms with E-state index in [0.29, 0.717) is 24.0 Å². The number of ether oxygens (including phenoxy) is 1. The van der Waals surface area contributed by atoms with E-state index >= 15 is 0 Å². The summed E-state index contributed by atoms with van der Waals surface area (Å²) in [6.07, 6.45) is 22.1. The van der Waals surface area contributed by atoms with Crippen LogP contribution in [0.1, 0.15) is 131 Å². The Morgan fingerprint density at radius 3 is 2.50 bits per heavy atom. The van der Waals surface area contributed by atoms with Crippen LogP contribution in [0.3, 0.4) is 0 Å². The van der Waals surface area contributed by atoms with Crippen LogP contribution in [0.25, 0.3) is 0 Å². The molecule has 4 aliphatic rings. The summed E-state index contributed by atoms with van der Waals surface area (Å²) in [5, 5.41) is 0. The molecule has 0 heterocycles. The first kappa shape index (κ1) is 31.9. The Bertz CT molecular complexity index is 865. The van der Waals surface area contributed by atoms with Gasteiger partial charge in [0.15, 0.2) is 5.96 Å². The Balaban J connectivity index is 1.40. The van der Waals surface area contributed by atoms with E-state index in [1.807, 2.05) is 0 Å². The minimum Gasteiger partial charge on any atom is -0.376 e. The molecule has 0 aliphatic heterocycles. The van der Waals surface area contributed by atoms with Crippen molar-refractivity contribution in [2.45, 2.75) is 143 Å². The molecular weight excluding hydrogens is 492 g/mol. The van der Waals surface area contributed by atoms with E-state index in [1.165, 1.54) is 64.2 Å². The van der Waals surface area contributed by atoms with E-state index in [1.54, 1.807) is 5.57 Å². The minimum atomic E-state index is 0.0370. The van der Waals surface area contributed by atoms with Gasteiger partial charge in [-0.2, -0.15) is 0 Å². The number of hydrogen-bond acceptors (Lipinski definition) is 3. The SMILES string of the molecule is CC(C)CCCC(C)C1CCC2C3CC=C4CC(OCC(CCCCN)N=C(N)N)CCCC4(C)C3CCC12C. The van der Waals surface area contributed by atoms with Crippen molar-refractivity contribution in [2.24, 2.45) is 68.5 Å². The van der Waals surface area contributed by atoms with Crippen molar-refractivity contribution in [3.63, 3.8) is 0 Å². The second-order valence-electron chi connectivity index (χ2n) is 15.3. The molecule has 6 N–H and O–H groups in total. The molecule has 0 amide bonds. The van der Waals surface area contributed by atoms with Crippen molar-refractivity contribution in [1.29, 1.82) is 0 Å². The van der Waals surface area contributed by atoms with E-state index in [-0.39, 0.29) is 18.1 Å². The maximum Gasteiger partial charge on any atom is 0.186 e. The highest BCUT2D eigenvalue weighted by atomic mass is 16.5. The highest BCUT2D eigenvalue weighted by Gasteiger charge is 2.58. The predicted molar refractivity (Wildman–Crippen MR) is 170 cm³/mol. The molecule has 0 bridgehead atoms. The molecule has 5 heteroatoms. The van der Waals surface area contributed by atoms with Crippen LogP contribution in [-0.4, -0.2) is 31.3 Å². The van der Waals surface area contributed by atoms with Crippen molar-refractivity contribution >= 4 is 5.96 Å². The molecule has 9 unspecified atom stereocenters. The van der Waals surface area contributed by atoms with E-state index < -0.39 is 0 Å². The first-order chi connectivity index (χ1) is 19.1. The first-order valence-electron chi connectivity index (χ1n) is 17.2. The highest BCUT2D eigenvalue weighted by Crippen LogP contribution is 2.67. The van der Waals surface area contributed by atoms with Gasteiger partial charge in [0.05, 0.1) is 18.8 Å². The average Bonchev–Trinajstić information content (AvgIpc) is 3.15. The van der Waals surface area contributed by atoms with Crippen LogP contribution in [0.5, 0.6) is 0 Å². The standard InChI is InChI=1S/C35H64N4O/c1-24(2)10-8-11-25(3)30-16-17-31-29-15-14-26-22-28(40-23-27(39-33(37)38)12-6-7-21-36)13-9-19-34(26,4)32(29)18-20-35(30,31)5/h14,24-25,27-32H,6-13,15-23,36H2,1-5H3,(H4,37,38,39). The Hall–Kier alpha value is -1.07. The summed E-state index contributed by atoms with van der Waals surface area (Å²) in [4.78, 5) is 4.48. The number of nitrogens with two attached hydrogens (primary N) is 3. The molecule has 0 aromatic rings. The first-order valence-corrected chi connectivity index (χ1v) is 17.2. The minimum absolute atomic E-state index is 0.0370. The van der Waals surface area contributed by atoms with Crippen LogP contribution in [0.2, 0.25) is 0 Å². The predicted octanol–water partition coefficient (Wildman–Crippen LogP) is 7.57. The summed E-state index contributed by atoms with van der Waals surface area (Å²) in [5.74, 6) is 5.46. The zero-order valence-electron chi connectivity index (χ0n) is 26.8. The van der Waals surface area contributed by atoms with Gasteiger partial charge in [0.1, 0.15) is 0 Å². The molecule has 4 aliphatic carbocycles. The van der Waals surface area contributed by atoms with Crippen LogP contribution < -0.4 is 17.2 Å². The van der Waals surface area contributed by atoms with Crippen molar-refractivity contribution < 1.29 is 4.74 Å². The molecule has 3 saturated carbocycles. The molecule has 3 fully saturated rings. The molecule has 9 atom stereocenters. The summed E-state index contributed by atoms with van der Waals surface area (Å²) in [6.45, 7) is 14.0. The monoisotopic (exact) mass is 557 g/mol. The Labute approximate surface area is 246 Å². The number of allylic oxidation sites excluding steroid dienone is 1. The van der Waals surface area contributed by atoms with Crippen molar-refractivity contribution in [3.8, 4) is 0 Å². The third-order valence-corrected chi connectivity index (χ3v) is 12.3. The lowest BCUT2D eigenvalue weighted by atomic mass is 9.48. The van der Waals surface area contributed by atoms with Crippen LogP contribution in [-0.2, 0) is 4.74 Å². The van der Waals surface area contributed by atoms with Gasteiger partial charge in [-0.15, -0.1) is 0 Å². The fourth-order valence-electron chi connectivity index (χ4n) is 10.2. The van der Waals surface area contributed by atoms with Gasteiger partial charge in [-0.25, -0.2) is 4.99 Å². The lowest BCUT2D eigenvalue weighted by Gasteiger charge is -2.57. The van der Waals surface area contributed by atoms with Crippen molar-refractivity contribution in [2.75, 3.05) is 13.2 Å². The van der Waals surface area contributed by atoms with E-state index in [2.05, 4.69) is 45.7 Å². The van der Waals surface area contributed by atoms with Gasteiger partial charge in [-0.3, -0.25) is 0 Å². The zero-order valence-corrected chi connectivity index (χ0v) is 26.8. The van der Waals surface area contributed by atoms with E-state index in [4.69, 9.17) is 21.9 Å². The number of guanidine groups is 1. The fraction of sp³-hybridized carbons (Fsp3) is 0.914. The lowest BCUT2D eigenvalue weighted by molar-refractivity contribution is -0.0465. The number of aliphatic imine (C=N–C) groups is 1. The second kappa shape index (κ2) is 13.9. The highest BCUT2D eigenvalue weighted by molar-refractivity contribution is 5.75. The molecule has 0 aromatic heterocycles. The van der Waals surface area contributed by atoms with E-state index in [0.717, 1.165) is 67.6 Å². The normalized spacial score (nSPS) is 37.1. The van der Waals surface area contributed by atoms with E-state index in [9.17, 15) is 0 Å². The summed E-state index contributed by atoms with van der Waals surface area (Å²) in [6, 6.07) is 0.0370. The third-order valence-electron chi connectivity index (χ3n) is 12.3. The number of fused-ring (bicyclic) bond motifs is 5. The maximum absolute atomic E-state index is 6.57. The number of hydrogen-bond donors (Lipinski definition) is 3. The second-order valence-corrected chi connectivity index (χ2v) is 15.3. The zero-order chi connectivity index (χ0) is 28.9. The molecule has 5 nitrogen and oxygen atoms in total. The topological polar surface area (TPSA) is 99.6 Å². The van der Waals surface area contributed by atoms with Gasteiger partial charge in [-0.05, 0) is 130 Å². The third kappa shape index (κ3) is 7.10. The quantitative estimate of drug-likeness (QED) is 0.0942.